The number of hydrogen-bond acceptors (Lipinski definition) is 4. The summed E-state index contributed by atoms with van der Waals surface area (Å²) >= 11 is 7.67. The van der Waals surface area contributed by atoms with E-state index in [9.17, 15) is 9.59 Å². The molecule has 30 heavy (non-hydrogen) atoms. The first-order chi connectivity index (χ1) is 14.6. The van der Waals surface area contributed by atoms with Crippen molar-refractivity contribution in [2.24, 2.45) is 5.92 Å². The van der Waals surface area contributed by atoms with Gasteiger partial charge >= 0.3 is 0 Å². The van der Waals surface area contributed by atoms with Crippen molar-refractivity contribution >= 4 is 40.8 Å². The number of nitrogens with zero attached hydrogens (tertiary/aromatic N) is 2. The Balaban J connectivity index is 1.29. The van der Waals surface area contributed by atoms with Crippen LogP contribution in [0.15, 0.2) is 35.7 Å². The number of rotatable bonds is 7. The molecular weight excluding hydrogens is 418 g/mol. The lowest BCUT2D eigenvalue weighted by Crippen LogP contribution is -2.38. The molecule has 1 atom stereocenters. The minimum Gasteiger partial charge on any atom is -0.355 e. The van der Waals surface area contributed by atoms with Crippen molar-refractivity contribution in [1.29, 1.82) is 0 Å². The third-order valence-electron chi connectivity index (χ3n) is 5.55. The summed E-state index contributed by atoms with van der Waals surface area (Å²) in [6.07, 6.45) is 8.28. The summed E-state index contributed by atoms with van der Waals surface area (Å²) in [7, 11) is 0. The number of benzene rings is 1. The Morgan fingerprint density at radius 1 is 1.30 bits per heavy atom. The molecule has 2 amide bonds. The van der Waals surface area contributed by atoms with Crippen LogP contribution < -0.4 is 5.32 Å². The Kier molecular flexibility index (Phi) is 6.85. The van der Waals surface area contributed by atoms with Gasteiger partial charge in [-0.15, -0.1) is 11.3 Å². The van der Waals surface area contributed by atoms with Gasteiger partial charge in [0, 0.05) is 54.4 Å². The van der Waals surface area contributed by atoms with Crippen LogP contribution in [-0.4, -0.2) is 41.3 Å². The molecule has 1 aliphatic carbocycles. The van der Waals surface area contributed by atoms with E-state index in [0.29, 0.717) is 18.1 Å². The predicted molar refractivity (Wildman–Crippen MR) is 121 cm³/mol. The summed E-state index contributed by atoms with van der Waals surface area (Å²) in [5, 5.41) is 6.83. The molecule has 1 aromatic heterocycles. The van der Waals surface area contributed by atoms with Crippen LogP contribution in [0.5, 0.6) is 0 Å². The Labute approximate surface area is 186 Å². The summed E-state index contributed by atoms with van der Waals surface area (Å²) in [5.74, 6) is 0.730. The molecule has 7 heteroatoms. The van der Waals surface area contributed by atoms with E-state index in [4.69, 9.17) is 16.6 Å². The number of amides is 2. The van der Waals surface area contributed by atoms with Crippen LogP contribution in [0.1, 0.15) is 47.9 Å². The highest BCUT2D eigenvalue weighted by Gasteiger charge is 2.29. The van der Waals surface area contributed by atoms with Crippen molar-refractivity contribution < 1.29 is 9.59 Å². The van der Waals surface area contributed by atoms with E-state index in [1.165, 1.54) is 0 Å². The fourth-order valence-electron chi connectivity index (χ4n) is 3.69. The zero-order valence-electron chi connectivity index (χ0n) is 16.9. The summed E-state index contributed by atoms with van der Waals surface area (Å²) in [4.78, 5) is 31.1. The molecule has 0 unspecified atom stereocenters. The van der Waals surface area contributed by atoms with Crippen molar-refractivity contribution in [3.63, 3.8) is 0 Å². The van der Waals surface area contributed by atoms with E-state index in [0.717, 1.165) is 54.9 Å². The van der Waals surface area contributed by atoms with Crippen molar-refractivity contribution in [1.82, 2.24) is 15.2 Å². The molecule has 1 N–H and O–H groups in total. The van der Waals surface area contributed by atoms with E-state index in [-0.39, 0.29) is 23.7 Å². The van der Waals surface area contributed by atoms with Gasteiger partial charge in [0.1, 0.15) is 0 Å². The number of aromatic nitrogens is 1. The lowest BCUT2D eigenvalue weighted by molar-refractivity contribution is -0.127. The quantitative estimate of drug-likeness (QED) is 0.649. The molecule has 2 aliphatic rings. The molecule has 5 nitrogen and oxygen atoms in total. The monoisotopic (exact) mass is 443 g/mol. The summed E-state index contributed by atoms with van der Waals surface area (Å²) in [6, 6.07) is 7.47. The highest BCUT2D eigenvalue weighted by atomic mass is 35.5. The minimum atomic E-state index is 0.0271. The maximum Gasteiger partial charge on any atom is 0.246 e. The van der Waals surface area contributed by atoms with Gasteiger partial charge in [-0.05, 0) is 49.5 Å². The predicted octanol–water partition coefficient (Wildman–Crippen LogP) is 4.28. The van der Waals surface area contributed by atoms with E-state index in [2.05, 4.69) is 10.7 Å². The molecule has 2 aromatic rings. The highest BCUT2D eigenvalue weighted by Crippen LogP contribution is 2.30. The summed E-state index contributed by atoms with van der Waals surface area (Å²) in [6.45, 7) is 2.12. The normalized spacial score (nSPS) is 19.2. The molecule has 158 valence electrons. The van der Waals surface area contributed by atoms with Crippen LogP contribution in [0.25, 0.3) is 6.08 Å². The number of hydrogen-bond donors (Lipinski definition) is 1. The van der Waals surface area contributed by atoms with Gasteiger partial charge in [-0.2, -0.15) is 0 Å². The Morgan fingerprint density at radius 2 is 2.17 bits per heavy atom. The van der Waals surface area contributed by atoms with E-state index < -0.39 is 0 Å². The molecule has 2 heterocycles. The number of carbonyl (C=O) groups is 2. The molecule has 1 saturated heterocycles. The lowest BCUT2D eigenvalue weighted by Gasteiger charge is -2.31. The zero-order chi connectivity index (χ0) is 20.9. The minimum absolute atomic E-state index is 0.0271. The molecule has 1 aliphatic heterocycles. The first-order valence-corrected chi connectivity index (χ1v) is 11.8. The molecule has 0 radical (unpaired) electrons. The van der Waals surface area contributed by atoms with Crippen molar-refractivity contribution in [3.05, 3.63) is 57.0 Å². The molecular formula is C23H26ClN3O2S. The van der Waals surface area contributed by atoms with Crippen LogP contribution in [0.3, 0.4) is 0 Å². The number of thiazole rings is 1. The first kappa shape index (κ1) is 21.1. The second-order valence-electron chi connectivity index (χ2n) is 8.00. The topological polar surface area (TPSA) is 62.3 Å². The first-order valence-electron chi connectivity index (χ1n) is 10.5. The van der Waals surface area contributed by atoms with Gasteiger partial charge in [0.05, 0.1) is 10.7 Å². The van der Waals surface area contributed by atoms with Crippen LogP contribution in [0.2, 0.25) is 5.02 Å². The van der Waals surface area contributed by atoms with Gasteiger partial charge in [-0.1, -0.05) is 23.7 Å². The van der Waals surface area contributed by atoms with E-state index in [1.54, 1.807) is 17.4 Å². The summed E-state index contributed by atoms with van der Waals surface area (Å²) in [5.41, 5.74) is 1.94. The Bertz CT molecular complexity index is 938. The van der Waals surface area contributed by atoms with Gasteiger partial charge in [0.25, 0.3) is 0 Å². The largest absolute Gasteiger partial charge is 0.355 e. The Hall–Kier alpha value is -2.18. The van der Waals surface area contributed by atoms with Gasteiger partial charge in [0.2, 0.25) is 11.8 Å². The number of nitrogens with one attached hydrogen (secondary N) is 1. The maximum absolute atomic E-state index is 12.7. The molecule has 1 aromatic carbocycles. The van der Waals surface area contributed by atoms with Gasteiger partial charge in [-0.3, -0.25) is 9.59 Å². The van der Waals surface area contributed by atoms with Crippen LogP contribution in [0, 0.1) is 5.92 Å². The average Bonchev–Trinajstić information content (AvgIpc) is 3.51. The fraction of sp³-hybridized carbons (Fsp3) is 0.435. The third kappa shape index (κ3) is 5.70. The Morgan fingerprint density at radius 3 is 2.97 bits per heavy atom. The van der Waals surface area contributed by atoms with Gasteiger partial charge in [-0.25, -0.2) is 4.98 Å². The third-order valence-corrected chi connectivity index (χ3v) is 6.84. The number of halogens is 1. The van der Waals surface area contributed by atoms with Crippen molar-refractivity contribution in [2.75, 3.05) is 19.6 Å². The van der Waals surface area contributed by atoms with Crippen LogP contribution >= 0.6 is 22.9 Å². The second kappa shape index (κ2) is 9.75. The lowest BCUT2D eigenvalue weighted by atomic mass is 9.98. The smallest absolute Gasteiger partial charge is 0.246 e. The fourth-order valence-corrected chi connectivity index (χ4v) is 4.87. The number of carbonyl (C=O) groups excluding carboxylic acids is 2. The molecule has 0 spiro atoms. The maximum atomic E-state index is 12.7. The van der Waals surface area contributed by atoms with Crippen LogP contribution in [-0.2, 0) is 16.0 Å². The second-order valence-corrected chi connectivity index (χ2v) is 9.33. The van der Waals surface area contributed by atoms with Crippen molar-refractivity contribution in [2.45, 2.75) is 38.0 Å². The molecule has 2 fully saturated rings. The SMILES string of the molecule is O=C(NCCc1csc([C@@H]2CCCN(C(=O)/C=C/c3cccc(Cl)c3)C2)n1)C1CC1. The number of likely N-dealkylation sites (tertiary alicyclic amines) is 1. The van der Waals surface area contributed by atoms with Crippen molar-refractivity contribution in [3.8, 4) is 0 Å². The average molecular weight is 444 g/mol. The molecule has 4 rings (SSSR count). The summed E-state index contributed by atoms with van der Waals surface area (Å²) < 4.78 is 0. The van der Waals surface area contributed by atoms with E-state index >= 15 is 0 Å². The van der Waals surface area contributed by atoms with Crippen LogP contribution in [0.4, 0.5) is 0 Å². The standard InChI is InChI=1S/C23H26ClN3O2S/c24-19-5-1-3-16(13-19)6-9-21(28)27-12-2-4-18(14-27)23-26-20(15-30-23)10-11-25-22(29)17-7-8-17/h1,3,5-6,9,13,15,17-18H,2,4,7-8,10-12,14H2,(H,25,29)/b9-6+/t18-/m1/s1. The zero-order valence-corrected chi connectivity index (χ0v) is 18.4. The molecule has 0 bridgehead atoms. The van der Waals surface area contributed by atoms with E-state index in [1.807, 2.05) is 35.2 Å². The molecule has 1 saturated carbocycles. The number of piperidine rings is 1. The van der Waals surface area contributed by atoms with Gasteiger partial charge in [0.15, 0.2) is 0 Å². The van der Waals surface area contributed by atoms with Gasteiger partial charge < -0.3 is 10.2 Å². The highest BCUT2D eigenvalue weighted by molar-refractivity contribution is 7.09.